The van der Waals surface area contributed by atoms with Crippen LogP contribution in [0.1, 0.15) is 87.7 Å². The van der Waals surface area contributed by atoms with E-state index in [1.165, 1.54) is 57.8 Å². The summed E-state index contributed by atoms with van der Waals surface area (Å²) in [6.45, 7) is 11.2. The van der Waals surface area contributed by atoms with E-state index >= 15 is 0 Å². The molecule has 1 aliphatic heterocycles. The first kappa shape index (κ1) is 33.8. The lowest BCUT2D eigenvalue weighted by Gasteiger charge is -2.47. The molecule has 2 bridgehead atoms. The normalized spacial score (nSPS) is 25.2. The van der Waals surface area contributed by atoms with Crippen molar-refractivity contribution in [1.82, 2.24) is 19.6 Å². The first-order valence-electron chi connectivity index (χ1n) is 17.5. The number of halogens is 3. The van der Waals surface area contributed by atoms with Gasteiger partial charge in [-0.05, 0) is 112 Å². The average Bonchev–Trinajstić information content (AvgIpc) is 3.38. The van der Waals surface area contributed by atoms with E-state index in [4.69, 9.17) is 39.9 Å². The van der Waals surface area contributed by atoms with Gasteiger partial charge in [0.25, 0.3) is 5.91 Å². The predicted molar refractivity (Wildman–Crippen MR) is 191 cm³/mol. The number of unbranched alkanes of at least 4 members (excludes halogenated alkanes) is 2. The topological polar surface area (TPSA) is 41.4 Å². The van der Waals surface area contributed by atoms with E-state index in [2.05, 4.69) is 18.7 Å². The lowest BCUT2D eigenvalue weighted by atomic mass is 9.58. The largest absolute Gasteiger partial charge is 0.335 e. The van der Waals surface area contributed by atoms with Crippen molar-refractivity contribution in [2.75, 3.05) is 32.7 Å². The zero-order valence-corrected chi connectivity index (χ0v) is 29.9. The second-order valence-electron chi connectivity index (χ2n) is 14.3. The van der Waals surface area contributed by atoms with E-state index in [0.29, 0.717) is 39.5 Å². The number of hydrogen-bond donors (Lipinski definition) is 0. The van der Waals surface area contributed by atoms with Crippen LogP contribution in [0.5, 0.6) is 0 Å². The quantitative estimate of drug-likeness (QED) is 0.200. The number of piperazine rings is 1. The Morgan fingerprint density at radius 1 is 0.891 bits per heavy atom. The molecule has 6 rings (SSSR count). The molecule has 0 N–H and O–H groups in total. The summed E-state index contributed by atoms with van der Waals surface area (Å²) in [5.41, 5.74) is 3.68. The maximum atomic E-state index is 13.9. The van der Waals surface area contributed by atoms with Crippen LogP contribution >= 0.6 is 34.8 Å². The third-order valence-corrected chi connectivity index (χ3v) is 12.0. The fraction of sp³-hybridized carbons (Fsp3) is 0.579. The van der Waals surface area contributed by atoms with Crippen LogP contribution in [-0.2, 0) is 0 Å². The zero-order chi connectivity index (χ0) is 32.4. The minimum absolute atomic E-state index is 0.0339. The van der Waals surface area contributed by atoms with Crippen LogP contribution in [0.2, 0.25) is 15.1 Å². The van der Waals surface area contributed by atoms with Crippen molar-refractivity contribution in [3.8, 4) is 16.9 Å². The van der Waals surface area contributed by atoms with Gasteiger partial charge >= 0.3 is 0 Å². The Morgan fingerprint density at radius 3 is 2.35 bits per heavy atom. The second-order valence-corrected chi connectivity index (χ2v) is 15.6. The van der Waals surface area contributed by atoms with Crippen LogP contribution in [0.15, 0.2) is 42.5 Å². The van der Waals surface area contributed by atoms with Gasteiger partial charge in [-0.25, -0.2) is 4.68 Å². The van der Waals surface area contributed by atoms with Crippen LogP contribution in [0.3, 0.4) is 0 Å². The number of carbonyl (C=O) groups is 1. The molecule has 1 saturated heterocycles. The molecule has 5 atom stereocenters. The summed E-state index contributed by atoms with van der Waals surface area (Å²) in [6, 6.07) is 12.9. The highest BCUT2D eigenvalue weighted by molar-refractivity contribution is 6.35. The van der Waals surface area contributed by atoms with E-state index in [1.807, 2.05) is 42.2 Å². The minimum Gasteiger partial charge on any atom is -0.335 e. The van der Waals surface area contributed by atoms with E-state index in [1.54, 1.807) is 16.8 Å². The van der Waals surface area contributed by atoms with Gasteiger partial charge in [-0.15, -0.1) is 0 Å². The van der Waals surface area contributed by atoms with Gasteiger partial charge in [0.2, 0.25) is 0 Å². The number of rotatable bonds is 10. The Labute approximate surface area is 290 Å². The number of hydrogen-bond acceptors (Lipinski definition) is 3. The molecule has 3 aromatic rings. The molecule has 1 amide bonds. The summed E-state index contributed by atoms with van der Waals surface area (Å²) < 4.78 is 1.77. The highest BCUT2D eigenvalue weighted by Crippen LogP contribution is 2.50. The third kappa shape index (κ3) is 7.48. The SMILES string of the molecule is CCC1CC2CC(C)CC(C2)C1CCCCCN1CCN(C(=O)c2nn(-c3ccc(Cl)cc3Cl)c(-c3ccc(Cl)cc3)c2C)CC1. The molecule has 2 heterocycles. The van der Waals surface area contributed by atoms with Gasteiger partial charge in [-0.1, -0.05) is 80.0 Å². The Morgan fingerprint density at radius 2 is 1.63 bits per heavy atom. The number of amides is 1. The van der Waals surface area contributed by atoms with Crippen molar-refractivity contribution in [2.24, 2.45) is 29.6 Å². The molecule has 3 fully saturated rings. The molecule has 1 aromatic heterocycles. The molecular weight excluding hydrogens is 635 g/mol. The van der Waals surface area contributed by atoms with Crippen LogP contribution in [0, 0.1) is 36.5 Å². The summed E-state index contributed by atoms with van der Waals surface area (Å²) in [7, 11) is 0. The van der Waals surface area contributed by atoms with Gasteiger partial charge in [0.1, 0.15) is 0 Å². The summed E-state index contributed by atoms with van der Waals surface area (Å²) >= 11 is 19.0. The van der Waals surface area contributed by atoms with Crippen molar-refractivity contribution in [1.29, 1.82) is 0 Å². The number of fused-ring (bicyclic) bond motifs is 2. The number of benzene rings is 2. The Kier molecular flexibility index (Phi) is 11.0. The first-order chi connectivity index (χ1) is 22.2. The molecule has 46 heavy (non-hydrogen) atoms. The van der Waals surface area contributed by atoms with E-state index in [9.17, 15) is 4.79 Å². The van der Waals surface area contributed by atoms with Crippen LogP contribution in [0.4, 0.5) is 0 Å². The van der Waals surface area contributed by atoms with Gasteiger partial charge < -0.3 is 4.90 Å². The molecule has 5 unspecified atom stereocenters. The summed E-state index contributed by atoms with van der Waals surface area (Å²) in [5.74, 6) is 4.81. The zero-order valence-electron chi connectivity index (χ0n) is 27.7. The van der Waals surface area contributed by atoms with Gasteiger partial charge in [0.05, 0.1) is 16.4 Å². The van der Waals surface area contributed by atoms with E-state index < -0.39 is 0 Å². The maximum Gasteiger partial charge on any atom is 0.274 e. The minimum atomic E-state index is -0.0339. The molecule has 8 heteroatoms. The molecule has 2 aromatic carbocycles. The molecular formula is C38H49Cl3N4O. The molecule has 0 radical (unpaired) electrons. The predicted octanol–water partition coefficient (Wildman–Crippen LogP) is 10.2. The first-order valence-corrected chi connectivity index (χ1v) is 18.7. The highest BCUT2D eigenvalue weighted by atomic mass is 35.5. The molecule has 248 valence electrons. The van der Waals surface area contributed by atoms with Crippen molar-refractivity contribution >= 4 is 40.7 Å². The number of carbonyl (C=O) groups excluding carboxylic acids is 1. The van der Waals surface area contributed by atoms with Crippen molar-refractivity contribution < 1.29 is 4.79 Å². The molecule has 2 saturated carbocycles. The molecule has 5 nitrogen and oxygen atoms in total. The number of aromatic nitrogens is 2. The lowest BCUT2D eigenvalue weighted by molar-refractivity contribution is 0.0310. The molecule has 0 spiro atoms. The highest BCUT2D eigenvalue weighted by Gasteiger charge is 2.40. The monoisotopic (exact) mass is 682 g/mol. The Balaban J connectivity index is 1.04. The van der Waals surface area contributed by atoms with Gasteiger partial charge in [-0.3, -0.25) is 9.69 Å². The summed E-state index contributed by atoms with van der Waals surface area (Å²) in [4.78, 5) is 18.4. The average molecular weight is 684 g/mol. The summed E-state index contributed by atoms with van der Waals surface area (Å²) in [6.07, 6.45) is 12.7. The van der Waals surface area contributed by atoms with Crippen LogP contribution in [-0.4, -0.2) is 58.2 Å². The van der Waals surface area contributed by atoms with Gasteiger partial charge in [-0.2, -0.15) is 5.10 Å². The standard InChI is InChI=1S/C38H49Cl3N4O/c1-4-28-22-27-20-25(2)21-30(23-27)33(28)8-6-5-7-15-43-16-18-44(19-17-43)38(46)36-26(3)37(29-9-11-31(39)12-10-29)45(42-36)35-14-13-32(40)24-34(35)41/h9-14,24-25,27-28,30,33H,4-8,15-23H2,1-3H3. The third-order valence-electron chi connectivity index (χ3n) is 11.2. The summed E-state index contributed by atoms with van der Waals surface area (Å²) in [5, 5.41) is 6.53. The van der Waals surface area contributed by atoms with Gasteiger partial charge in [0, 0.05) is 47.4 Å². The van der Waals surface area contributed by atoms with E-state index in [0.717, 1.165) is 66.0 Å². The Bertz CT molecular complexity index is 1490. The fourth-order valence-electron chi connectivity index (χ4n) is 8.96. The maximum absolute atomic E-state index is 13.9. The van der Waals surface area contributed by atoms with Crippen LogP contribution < -0.4 is 0 Å². The molecule has 3 aliphatic rings. The van der Waals surface area contributed by atoms with Gasteiger partial charge in [0.15, 0.2) is 5.69 Å². The van der Waals surface area contributed by atoms with Crippen molar-refractivity contribution in [3.63, 3.8) is 0 Å². The lowest BCUT2D eigenvalue weighted by Crippen LogP contribution is -2.49. The fourth-order valence-corrected chi connectivity index (χ4v) is 9.58. The number of nitrogens with zero attached hydrogens (tertiary/aromatic N) is 4. The smallest absolute Gasteiger partial charge is 0.274 e. The molecule has 2 aliphatic carbocycles. The second kappa shape index (κ2) is 15.0. The van der Waals surface area contributed by atoms with Crippen LogP contribution in [0.25, 0.3) is 16.9 Å². The van der Waals surface area contributed by atoms with E-state index in [-0.39, 0.29) is 5.91 Å². The van der Waals surface area contributed by atoms with Crippen molar-refractivity contribution in [2.45, 2.75) is 78.6 Å². The van der Waals surface area contributed by atoms with Crippen molar-refractivity contribution in [3.05, 3.63) is 68.8 Å². The Hall–Kier alpha value is -2.05.